The van der Waals surface area contributed by atoms with Crippen molar-refractivity contribution < 1.29 is 23.1 Å². The highest BCUT2D eigenvalue weighted by atomic mass is 32.2. The van der Waals surface area contributed by atoms with Gasteiger partial charge in [-0.1, -0.05) is 42.1 Å². The molecule has 0 saturated carbocycles. The lowest BCUT2D eigenvalue weighted by Gasteiger charge is -2.24. The van der Waals surface area contributed by atoms with Gasteiger partial charge in [0, 0.05) is 24.9 Å². The Morgan fingerprint density at radius 2 is 1.69 bits per heavy atom. The van der Waals surface area contributed by atoms with Crippen LogP contribution in [0.1, 0.15) is 17.3 Å². The summed E-state index contributed by atoms with van der Waals surface area (Å²) in [5.41, 5.74) is 2.52. The lowest BCUT2D eigenvalue weighted by molar-refractivity contribution is -0.109. The van der Waals surface area contributed by atoms with Gasteiger partial charge >= 0.3 is 0 Å². The largest absolute Gasteiger partial charge is 0.394 e. The molecule has 0 aliphatic rings. The predicted octanol–water partition coefficient (Wildman–Crippen LogP) is 3.40. The molecular weight excluding hydrogens is 448 g/mol. The molecule has 0 aliphatic carbocycles. The molecule has 1 N–H and O–H groups in total. The van der Waals surface area contributed by atoms with Crippen molar-refractivity contribution in [3.8, 4) is 11.1 Å². The van der Waals surface area contributed by atoms with Gasteiger partial charge in [-0.15, -0.1) is 0 Å². The fraction of sp³-hybridized carbons (Fsp3) is 0.174. The maximum absolute atomic E-state index is 13.2. The summed E-state index contributed by atoms with van der Waals surface area (Å²) in [6.45, 7) is 0.902. The fourth-order valence-electron chi connectivity index (χ4n) is 3.02. The van der Waals surface area contributed by atoms with Crippen LogP contribution in [0.2, 0.25) is 0 Å². The molecule has 0 amide bonds. The normalized spacial score (nSPS) is 11.2. The lowest BCUT2D eigenvalue weighted by Crippen LogP contribution is -2.33. The molecule has 3 aromatic rings. The smallest absolute Gasteiger partial charge is 0.264 e. The van der Waals surface area contributed by atoms with Crippen LogP contribution in [0, 0.1) is 0 Å². The summed E-state index contributed by atoms with van der Waals surface area (Å²) >= 11 is 0.906. The predicted molar refractivity (Wildman–Crippen MR) is 125 cm³/mol. The van der Waals surface area contributed by atoms with Crippen LogP contribution in [0.25, 0.3) is 11.1 Å². The third-order valence-electron chi connectivity index (χ3n) is 4.62. The van der Waals surface area contributed by atoms with Gasteiger partial charge in [0.15, 0.2) is 10.9 Å². The fourth-order valence-corrected chi connectivity index (χ4v) is 4.98. The molecule has 7 nitrogen and oxygen atoms in total. The van der Waals surface area contributed by atoms with Gasteiger partial charge in [-0.05, 0) is 41.5 Å². The van der Waals surface area contributed by atoms with E-state index >= 15 is 0 Å². The van der Waals surface area contributed by atoms with Crippen molar-refractivity contribution in [2.75, 3.05) is 23.2 Å². The minimum atomic E-state index is -3.97. The van der Waals surface area contributed by atoms with E-state index in [0.29, 0.717) is 11.3 Å². The molecule has 9 heteroatoms. The molecule has 1 aromatic heterocycles. The average Bonchev–Trinajstić information content (AvgIpc) is 2.81. The number of hydrogen-bond donors (Lipinski definition) is 1. The van der Waals surface area contributed by atoms with Gasteiger partial charge in [-0.25, -0.2) is 8.42 Å². The van der Waals surface area contributed by atoms with Gasteiger partial charge < -0.3 is 5.11 Å². The minimum absolute atomic E-state index is 0.00134. The Balaban J connectivity index is 1.85. The van der Waals surface area contributed by atoms with Crippen molar-refractivity contribution in [2.45, 2.75) is 11.8 Å². The number of carbonyl (C=O) groups is 2. The number of ketones is 1. The molecule has 32 heavy (non-hydrogen) atoms. The third kappa shape index (κ3) is 5.61. The van der Waals surface area contributed by atoms with Gasteiger partial charge in [0.1, 0.15) is 0 Å². The second-order valence-corrected chi connectivity index (χ2v) is 9.83. The van der Waals surface area contributed by atoms with E-state index in [-0.39, 0.29) is 34.7 Å². The quantitative estimate of drug-likeness (QED) is 0.478. The summed E-state index contributed by atoms with van der Waals surface area (Å²) in [7, 11) is -3.97. The number of aliphatic hydroxyl groups is 1. The molecule has 0 unspecified atom stereocenters. The summed E-state index contributed by atoms with van der Waals surface area (Å²) in [6.07, 6.45) is 3.39. The Morgan fingerprint density at radius 1 is 1.00 bits per heavy atom. The molecular formula is C23H22N2O5S2. The zero-order chi connectivity index (χ0) is 23.1. The standard InChI is InChI=1S/C23H22N2O5S2/c1-17(27)31-16-23(28)19-6-10-22(11-7-19)32(29,30)25(13-14-26)21-8-4-18(5-9-21)20-3-2-12-24-15-20/h2-12,15,26H,13-14,16H2,1H3. The number of benzene rings is 2. The number of nitrogens with zero attached hydrogens (tertiary/aromatic N) is 2. The summed E-state index contributed by atoms with van der Waals surface area (Å²) in [6, 6.07) is 16.2. The van der Waals surface area contributed by atoms with E-state index in [0.717, 1.165) is 27.2 Å². The molecule has 166 valence electrons. The van der Waals surface area contributed by atoms with Crippen molar-refractivity contribution in [1.82, 2.24) is 4.98 Å². The van der Waals surface area contributed by atoms with Crippen LogP contribution in [0.5, 0.6) is 0 Å². The van der Waals surface area contributed by atoms with Crippen molar-refractivity contribution in [3.63, 3.8) is 0 Å². The number of sulfonamides is 1. The molecule has 0 spiro atoms. The molecule has 0 fully saturated rings. The van der Waals surface area contributed by atoms with Gasteiger partial charge in [-0.3, -0.25) is 18.9 Å². The van der Waals surface area contributed by atoms with Gasteiger partial charge in [0.25, 0.3) is 10.0 Å². The number of pyridine rings is 1. The lowest BCUT2D eigenvalue weighted by atomic mass is 10.1. The van der Waals surface area contributed by atoms with Gasteiger partial charge in [-0.2, -0.15) is 0 Å². The van der Waals surface area contributed by atoms with Crippen molar-refractivity contribution in [3.05, 3.63) is 78.6 Å². The van der Waals surface area contributed by atoms with Crippen LogP contribution in [0.3, 0.4) is 0 Å². The molecule has 3 rings (SSSR count). The first-order valence-corrected chi connectivity index (χ1v) is 12.2. The van der Waals surface area contributed by atoms with E-state index in [1.807, 2.05) is 12.1 Å². The molecule has 0 atom stereocenters. The topological polar surface area (TPSA) is 105 Å². The second-order valence-electron chi connectivity index (χ2n) is 6.82. The highest BCUT2D eigenvalue weighted by Gasteiger charge is 2.25. The Labute approximate surface area is 191 Å². The van der Waals surface area contributed by atoms with Gasteiger partial charge in [0.05, 0.1) is 29.5 Å². The van der Waals surface area contributed by atoms with Crippen LogP contribution in [0.4, 0.5) is 5.69 Å². The van der Waals surface area contributed by atoms with Crippen molar-refractivity contribution in [1.29, 1.82) is 0 Å². The number of Topliss-reactive ketones (excluding diaryl/α,β-unsaturated/α-hetero) is 1. The zero-order valence-corrected chi connectivity index (χ0v) is 19.0. The average molecular weight is 471 g/mol. The monoisotopic (exact) mass is 470 g/mol. The van der Waals surface area contributed by atoms with Crippen molar-refractivity contribution >= 4 is 38.4 Å². The minimum Gasteiger partial charge on any atom is -0.394 e. The van der Waals surface area contributed by atoms with E-state index < -0.39 is 10.0 Å². The Bertz CT molecular complexity index is 1180. The van der Waals surface area contributed by atoms with Gasteiger partial charge in [0.2, 0.25) is 0 Å². The Hall–Kier alpha value is -3.01. The molecule has 0 aliphatic heterocycles. The first-order valence-electron chi connectivity index (χ1n) is 9.73. The van der Waals surface area contributed by atoms with E-state index in [1.165, 1.54) is 31.2 Å². The zero-order valence-electron chi connectivity index (χ0n) is 17.3. The molecule has 1 heterocycles. The molecule has 0 saturated heterocycles. The van der Waals surface area contributed by atoms with E-state index in [4.69, 9.17) is 0 Å². The first kappa shape index (κ1) is 23.6. The summed E-state index contributed by atoms with van der Waals surface area (Å²) < 4.78 is 27.6. The van der Waals surface area contributed by atoms with Crippen LogP contribution < -0.4 is 4.31 Å². The number of aliphatic hydroxyl groups excluding tert-OH is 1. The molecule has 0 bridgehead atoms. The van der Waals surface area contributed by atoms with E-state index in [1.54, 1.807) is 36.7 Å². The SMILES string of the molecule is CC(=O)SCC(=O)c1ccc(S(=O)(=O)N(CCO)c2ccc(-c3cccnc3)cc2)cc1. The summed E-state index contributed by atoms with van der Waals surface area (Å²) in [5, 5.41) is 9.31. The van der Waals surface area contributed by atoms with E-state index in [2.05, 4.69) is 4.98 Å². The number of aromatic nitrogens is 1. The number of hydrogen-bond acceptors (Lipinski definition) is 7. The van der Waals surface area contributed by atoms with Crippen LogP contribution in [0.15, 0.2) is 78.0 Å². The highest BCUT2D eigenvalue weighted by Crippen LogP contribution is 2.27. The maximum Gasteiger partial charge on any atom is 0.264 e. The van der Waals surface area contributed by atoms with Crippen molar-refractivity contribution in [2.24, 2.45) is 0 Å². The number of rotatable bonds is 9. The third-order valence-corrected chi connectivity index (χ3v) is 7.28. The number of carbonyl (C=O) groups excluding carboxylic acids is 2. The Kier molecular flexibility index (Phi) is 7.79. The molecule has 2 aromatic carbocycles. The highest BCUT2D eigenvalue weighted by molar-refractivity contribution is 8.14. The maximum atomic E-state index is 13.2. The Morgan fingerprint density at radius 3 is 2.25 bits per heavy atom. The summed E-state index contributed by atoms with van der Waals surface area (Å²) in [5.74, 6) is -0.256. The first-order chi connectivity index (χ1) is 15.3. The summed E-state index contributed by atoms with van der Waals surface area (Å²) in [4.78, 5) is 27.3. The molecule has 0 radical (unpaired) electrons. The van der Waals surface area contributed by atoms with Crippen LogP contribution in [-0.2, 0) is 14.8 Å². The second kappa shape index (κ2) is 10.5. The number of thioether (sulfide) groups is 1. The van der Waals surface area contributed by atoms with E-state index in [9.17, 15) is 23.1 Å². The number of anilines is 1. The van der Waals surface area contributed by atoms with Crippen LogP contribution in [-0.4, -0.2) is 48.3 Å². The van der Waals surface area contributed by atoms with Crippen LogP contribution >= 0.6 is 11.8 Å².